The Bertz CT molecular complexity index is 499. The predicted molar refractivity (Wildman–Crippen MR) is 71.6 cm³/mol. The molecule has 1 aromatic heterocycles. The second-order valence-electron chi connectivity index (χ2n) is 4.87. The molecule has 0 bridgehead atoms. The zero-order chi connectivity index (χ0) is 12.4. The Morgan fingerprint density at radius 3 is 2.39 bits per heavy atom. The first-order valence-electron chi connectivity index (χ1n) is 6.31. The molecule has 1 aliphatic carbocycles. The molecule has 3 N–H and O–H groups in total. The van der Waals surface area contributed by atoms with Crippen molar-refractivity contribution < 1.29 is 0 Å². The van der Waals surface area contributed by atoms with Crippen LogP contribution in [0.1, 0.15) is 22.7 Å². The number of nitrogens with zero attached hydrogens (tertiary/aromatic N) is 1. The molecule has 92 valence electrons. The zero-order valence-electron chi connectivity index (χ0n) is 10.2. The summed E-state index contributed by atoms with van der Waals surface area (Å²) in [5.74, 6) is 6.25. The van der Waals surface area contributed by atoms with E-state index in [9.17, 15) is 0 Å². The Labute approximate surface area is 107 Å². The summed E-state index contributed by atoms with van der Waals surface area (Å²) in [6.45, 7) is 0. The number of hydrazine groups is 1. The van der Waals surface area contributed by atoms with E-state index in [1.165, 1.54) is 11.1 Å². The van der Waals surface area contributed by atoms with Crippen molar-refractivity contribution in [2.75, 3.05) is 0 Å². The third-order valence-corrected chi connectivity index (χ3v) is 3.78. The molecule has 0 saturated carbocycles. The summed E-state index contributed by atoms with van der Waals surface area (Å²) >= 11 is 0. The van der Waals surface area contributed by atoms with Crippen LogP contribution >= 0.6 is 0 Å². The van der Waals surface area contributed by atoms with Crippen molar-refractivity contribution in [1.82, 2.24) is 10.4 Å². The Morgan fingerprint density at radius 1 is 1.11 bits per heavy atom. The van der Waals surface area contributed by atoms with Crippen molar-refractivity contribution in [3.8, 4) is 0 Å². The van der Waals surface area contributed by atoms with Crippen molar-refractivity contribution in [3.05, 3.63) is 65.5 Å². The minimum Gasteiger partial charge on any atom is -0.271 e. The number of aromatic nitrogens is 1. The Morgan fingerprint density at radius 2 is 1.83 bits per heavy atom. The minimum absolute atomic E-state index is 0.172. The predicted octanol–water partition coefficient (Wildman–Crippen LogP) is 2.00. The van der Waals surface area contributed by atoms with Crippen molar-refractivity contribution in [2.24, 2.45) is 11.8 Å². The van der Waals surface area contributed by atoms with E-state index in [-0.39, 0.29) is 6.04 Å². The Hall–Kier alpha value is -1.71. The van der Waals surface area contributed by atoms with Gasteiger partial charge in [-0.15, -0.1) is 0 Å². The van der Waals surface area contributed by atoms with Gasteiger partial charge in [-0.2, -0.15) is 0 Å². The molecule has 2 aromatic rings. The number of hydrogen-bond donors (Lipinski definition) is 2. The highest BCUT2D eigenvalue weighted by atomic mass is 15.2. The van der Waals surface area contributed by atoms with E-state index in [1.54, 1.807) is 6.20 Å². The number of benzene rings is 1. The van der Waals surface area contributed by atoms with E-state index < -0.39 is 0 Å². The maximum absolute atomic E-state index is 5.74. The number of nitrogens with one attached hydrogen (secondary N) is 1. The van der Waals surface area contributed by atoms with E-state index in [0.29, 0.717) is 5.92 Å². The maximum Gasteiger partial charge on any atom is 0.0509 e. The fraction of sp³-hybridized carbons (Fsp3) is 0.267. The van der Waals surface area contributed by atoms with Gasteiger partial charge in [-0.25, -0.2) is 0 Å². The van der Waals surface area contributed by atoms with Crippen LogP contribution in [0.2, 0.25) is 0 Å². The molecule has 18 heavy (non-hydrogen) atoms. The van der Waals surface area contributed by atoms with Crippen LogP contribution in [0.5, 0.6) is 0 Å². The van der Waals surface area contributed by atoms with Crippen molar-refractivity contribution in [1.29, 1.82) is 0 Å². The molecule has 1 atom stereocenters. The van der Waals surface area contributed by atoms with Crippen LogP contribution in [-0.4, -0.2) is 4.98 Å². The molecule has 0 spiro atoms. The van der Waals surface area contributed by atoms with E-state index >= 15 is 0 Å². The van der Waals surface area contributed by atoms with Crippen molar-refractivity contribution >= 4 is 0 Å². The third kappa shape index (κ3) is 2.03. The van der Waals surface area contributed by atoms with E-state index in [0.717, 1.165) is 18.4 Å². The first-order valence-corrected chi connectivity index (χ1v) is 6.31. The average molecular weight is 239 g/mol. The highest BCUT2D eigenvalue weighted by Gasteiger charge is 2.28. The van der Waals surface area contributed by atoms with Gasteiger partial charge in [0.2, 0.25) is 0 Å². The lowest BCUT2D eigenvalue weighted by Gasteiger charge is -2.22. The largest absolute Gasteiger partial charge is 0.271 e. The summed E-state index contributed by atoms with van der Waals surface area (Å²) in [6.07, 6.45) is 5.86. The van der Waals surface area contributed by atoms with Gasteiger partial charge in [0.05, 0.1) is 6.04 Å². The Balaban J connectivity index is 1.84. The van der Waals surface area contributed by atoms with Crippen LogP contribution < -0.4 is 11.3 Å². The molecule has 0 saturated heterocycles. The second-order valence-corrected chi connectivity index (χ2v) is 4.87. The van der Waals surface area contributed by atoms with Gasteiger partial charge in [0.25, 0.3) is 0 Å². The van der Waals surface area contributed by atoms with Gasteiger partial charge in [0.1, 0.15) is 0 Å². The fourth-order valence-corrected chi connectivity index (χ4v) is 2.89. The fourth-order valence-electron chi connectivity index (χ4n) is 2.89. The van der Waals surface area contributed by atoms with Crippen LogP contribution in [0.3, 0.4) is 0 Å². The van der Waals surface area contributed by atoms with Crippen LogP contribution in [0.25, 0.3) is 0 Å². The lowest BCUT2D eigenvalue weighted by atomic mass is 9.92. The first-order chi connectivity index (χ1) is 8.88. The summed E-state index contributed by atoms with van der Waals surface area (Å²) in [7, 11) is 0. The van der Waals surface area contributed by atoms with Crippen LogP contribution in [0.4, 0.5) is 0 Å². The van der Waals surface area contributed by atoms with Crippen LogP contribution in [-0.2, 0) is 12.8 Å². The molecular formula is C15H17N3. The monoisotopic (exact) mass is 239 g/mol. The maximum atomic E-state index is 5.74. The van der Waals surface area contributed by atoms with Gasteiger partial charge in [-0.3, -0.25) is 16.3 Å². The van der Waals surface area contributed by atoms with E-state index in [2.05, 4.69) is 40.7 Å². The molecule has 1 heterocycles. The molecular weight excluding hydrogens is 222 g/mol. The minimum atomic E-state index is 0.172. The lowest BCUT2D eigenvalue weighted by Crippen LogP contribution is -2.34. The number of pyridine rings is 1. The van der Waals surface area contributed by atoms with Crippen LogP contribution in [0, 0.1) is 5.92 Å². The zero-order valence-corrected chi connectivity index (χ0v) is 10.2. The van der Waals surface area contributed by atoms with Crippen LogP contribution in [0.15, 0.2) is 48.8 Å². The third-order valence-electron chi connectivity index (χ3n) is 3.78. The summed E-state index contributed by atoms with van der Waals surface area (Å²) in [4.78, 5) is 4.18. The summed E-state index contributed by atoms with van der Waals surface area (Å²) in [6, 6.07) is 12.9. The molecule has 1 unspecified atom stereocenters. The summed E-state index contributed by atoms with van der Waals surface area (Å²) in [5, 5.41) is 0. The average Bonchev–Trinajstić information content (AvgIpc) is 2.84. The summed E-state index contributed by atoms with van der Waals surface area (Å²) < 4.78 is 0. The van der Waals surface area contributed by atoms with Gasteiger partial charge in [0.15, 0.2) is 0 Å². The molecule has 3 nitrogen and oxygen atoms in total. The second kappa shape index (κ2) is 4.88. The van der Waals surface area contributed by atoms with Crippen molar-refractivity contribution in [3.63, 3.8) is 0 Å². The molecule has 1 aromatic carbocycles. The quantitative estimate of drug-likeness (QED) is 0.636. The van der Waals surface area contributed by atoms with Gasteiger partial charge >= 0.3 is 0 Å². The number of nitrogens with two attached hydrogens (primary N) is 1. The van der Waals surface area contributed by atoms with Gasteiger partial charge in [-0.05, 0) is 41.5 Å². The van der Waals surface area contributed by atoms with E-state index in [4.69, 9.17) is 5.84 Å². The normalized spacial score (nSPS) is 16.5. The Kier molecular flexibility index (Phi) is 3.09. The lowest BCUT2D eigenvalue weighted by molar-refractivity contribution is 0.379. The molecule has 1 aliphatic rings. The number of hydrogen-bond acceptors (Lipinski definition) is 3. The molecule has 0 radical (unpaired) electrons. The molecule has 3 heteroatoms. The highest BCUT2D eigenvalue weighted by molar-refractivity contribution is 5.33. The van der Waals surface area contributed by atoms with Gasteiger partial charge in [0, 0.05) is 12.4 Å². The molecule has 3 rings (SSSR count). The van der Waals surface area contributed by atoms with Gasteiger partial charge < -0.3 is 0 Å². The molecule has 0 fully saturated rings. The number of fused-ring (bicyclic) bond motifs is 1. The highest BCUT2D eigenvalue weighted by Crippen LogP contribution is 2.34. The first kappa shape index (κ1) is 11.4. The van der Waals surface area contributed by atoms with Gasteiger partial charge in [-0.1, -0.05) is 30.3 Å². The smallest absolute Gasteiger partial charge is 0.0509 e. The topological polar surface area (TPSA) is 50.9 Å². The van der Waals surface area contributed by atoms with E-state index in [1.807, 2.05) is 12.3 Å². The number of rotatable bonds is 3. The SMILES string of the molecule is NNC(c1cccnc1)C1Cc2ccccc2C1. The van der Waals surface area contributed by atoms with Crippen molar-refractivity contribution in [2.45, 2.75) is 18.9 Å². The standard InChI is InChI=1S/C15H17N3/c16-18-15(13-6-3-7-17-10-13)14-8-11-4-1-2-5-12(11)9-14/h1-7,10,14-15,18H,8-9,16H2. The molecule has 0 amide bonds. The summed E-state index contributed by atoms with van der Waals surface area (Å²) in [5.41, 5.74) is 7.02. The molecule has 0 aliphatic heterocycles.